The second kappa shape index (κ2) is 7.31. The number of benzene rings is 1. The first-order valence-electron chi connectivity index (χ1n) is 10.5. The van der Waals surface area contributed by atoms with Crippen LogP contribution in [0.1, 0.15) is 42.7 Å². The number of fused-ring (bicyclic) bond motifs is 2. The van der Waals surface area contributed by atoms with E-state index >= 15 is 0 Å². The van der Waals surface area contributed by atoms with Gasteiger partial charge in [0.15, 0.2) is 5.82 Å². The van der Waals surface area contributed by atoms with Gasteiger partial charge in [-0.05, 0) is 63.6 Å². The Bertz CT molecular complexity index is 1310. The van der Waals surface area contributed by atoms with Crippen molar-refractivity contribution in [2.75, 3.05) is 5.73 Å². The molecule has 2 bridgehead atoms. The van der Waals surface area contributed by atoms with E-state index in [0.29, 0.717) is 54.9 Å². The fourth-order valence-electron chi connectivity index (χ4n) is 4.88. The molecule has 4 N–H and O–H groups in total. The van der Waals surface area contributed by atoms with Gasteiger partial charge in [0.1, 0.15) is 5.69 Å². The van der Waals surface area contributed by atoms with Crippen molar-refractivity contribution >= 4 is 27.2 Å². The summed E-state index contributed by atoms with van der Waals surface area (Å²) < 4.78 is 29.4. The van der Waals surface area contributed by atoms with E-state index in [9.17, 15) is 13.5 Å². The number of aryl methyl sites for hydroxylation is 2. The van der Waals surface area contributed by atoms with Gasteiger partial charge in [0, 0.05) is 17.3 Å². The highest BCUT2D eigenvalue weighted by Gasteiger charge is 2.55. The van der Waals surface area contributed by atoms with Crippen LogP contribution in [0.25, 0.3) is 21.8 Å². The maximum absolute atomic E-state index is 13.3. The zero-order chi connectivity index (χ0) is 22.7. The van der Waals surface area contributed by atoms with E-state index in [1.54, 1.807) is 30.6 Å². The lowest BCUT2D eigenvalue weighted by atomic mass is 9.94. The Morgan fingerprint density at radius 2 is 1.88 bits per heavy atom. The zero-order valence-corrected chi connectivity index (χ0v) is 19.6. The van der Waals surface area contributed by atoms with Crippen LogP contribution in [0.3, 0.4) is 0 Å². The lowest BCUT2D eigenvalue weighted by Crippen LogP contribution is -2.44. The maximum atomic E-state index is 13.3. The predicted molar refractivity (Wildman–Crippen MR) is 124 cm³/mol. The minimum absolute atomic E-state index is 0.170. The van der Waals surface area contributed by atoms with Gasteiger partial charge in [-0.3, -0.25) is 0 Å². The molecule has 8 nitrogen and oxygen atoms in total. The third kappa shape index (κ3) is 3.71. The van der Waals surface area contributed by atoms with Crippen LogP contribution in [0.2, 0.25) is 0 Å². The van der Waals surface area contributed by atoms with Gasteiger partial charge in [-0.1, -0.05) is 6.07 Å². The molecule has 1 aromatic carbocycles. The molecule has 2 aromatic heterocycles. The first-order chi connectivity index (χ1) is 15.1. The van der Waals surface area contributed by atoms with Crippen molar-refractivity contribution in [1.29, 1.82) is 0 Å². The quantitative estimate of drug-likeness (QED) is 0.521. The second-order valence-corrected chi connectivity index (χ2v) is 11.9. The summed E-state index contributed by atoms with van der Waals surface area (Å²) in [5, 5.41) is 11.4. The molecule has 168 valence electrons. The molecule has 0 radical (unpaired) electrons. The number of rotatable bonds is 5. The van der Waals surface area contributed by atoms with Crippen LogP contribution < -0.4 is 10.5 Å². The van der Waals surface area contributed by atoms with E-state index < -0.39 is 21.2 Å². The van der Waals surface area contributed by atoms with Crippen molar-refractivity contribution in [1.82, 2.24) is 19.7 Å². The molecule has 2 aliphatic carbocycles. The SMILES string of the molecule is Cc1ncc(-c2nc(-c3cc(S(=O)(=O)NC45CCC(O)(CC4)C5)ccc3C)cnc2N)s1. The van der Waals surface area contributed by atoms with Gasteiger partial charge >= 0.3 is 0 Å². The molecule has 2 saturated carbocycles. The summed E-state index contributed by atoms with van der Waals surface area (Å²) in [5.74, 6) is 0.301. The number of hydrogen-bond acceptors (Lipinski definition) is 8. The summed E-state index contributed by atoms with van der Waals surface area (Å²) in [5.41, 5.74) is 7.41. The predicted octanol–water partition coefficient (Wildman–Crippen LogP) is 3.19. The van der Waals surface area contributed by atoms with Gasteiger partial charge in [-0.15, -0.1) is 11.3 Å². The van der Waals surface area contributed by atoms with Gasteiger partial charge in [0.25, 0.3) is 0 Å². The number of aromatic nitrogens is 3. The number of nitrogens with zero attached hydrogens (tertiary/aromatic N) is 3. The molecule has 0 unspecified atom stereocenters. The number of sulfonamides is 1. The summed E-state index contributed by atoms with van der Waals surface area (Å²) in [6.45, 7) is 3.81. The highest BCUT2D eigenvalue weighted by Crippen LogP contribution is 2.51. The normalized spacial score (nSPS) is 24.8. The summed E-state index contributed by atoms with van der Waals surface area (Å²) in [7, 11) is -3.77. The van der Waals surface area contributed by atoms with Gasteiger partial charge in [0.05, 0.1) is 32.3 Å². The van der Waals surface area contributed by atoms with Gasteiger partial charge in [0.2, 0.25) is 10.0 Å². The highest BCUT2D eigenvalue weighted by molar-refractivity contribution is 7.89. The molecule has 3 aromatic rings. The maximum Gasteiger partial charge on any atom is 0.241 e. The molecular formula is C22H25N5O3S2. The molecular weight excluding hydrogens is 446 g/mol. The fraction of sp³-hybridized carbons (Fsp3) is 0.409. The number of nitrogens with two attached hydrogens (primary N) is 1. The molecule has 10 heteroatoms. The van der Waals surface area contributed by atoms with Crippen molar-refractivity contribution < 1.29 is 13.5 Å². The summed E-state index contributed by atoms with van der Waals surface area (Å²) >= 11 is 1.47. The first kappa shape index (κ1) is 21.4. The molecule has 0 aliphatic heterocycles. The summed E-state index contributed by atoms with van der Waals surface area (Å²) in [4.78, 5) is 14.2. The van der Waals surface area contributed by atoms with E-state index in [4.69, 9.17) is 10.7 Å². The van der Waals surface area contributed by atoms with Crippen molar-refractivity contribution in [3.8, 4) is 21.8 Å². The average Bonchev–Trinajstić information content (AvgIpc) is 3.40. The third-order valence-corrected chi connectivity index (χ3v) is 9.10. The number of thiazole rings is 1. The van der Waals surface area contributed by atoms with E-state index in [1.807, 2.05) is 13.8 Å². The van der Waals surface area contributed by atoms with Gasteiger partial charge in [-0.25, -0.2) is 28.1 Å². The van der Waals surface area contributed by atoms with Crippen LogP contribution in [-0.2, 0) is 10.0 Å². The topological polar surface area (TPSA) is 131 Å². The largest absolute Gasteiger partial charge is 0.390 e. The van der Waals surface area contributed by atoms with Crippen molar-refractivity contribution in [2.24, 2.45) is 0 Å². The Labute approximate surface area is 191 Å². The summed E-state index contributed by atoms with van der Waals surface area (Å²) in [6, 6.07) is 5.01. The average molecular weight is 472 g/mol. The lowest BCUT2D eigenvalue weighted by molar-refractivity contribution is 0.0521. The molecule has 2 heterocycles. The minimum Gasteiger partial charge on any atom is -0.390 e. The van der Waals surface area contributed by atoms with Crippen LogP contribution in [0.5, 0.6) is 0 Å². The third-order valence-electron chi connectivity index (χ3n) is 6.61. The van der Waals surface area contributed by atoms with E-state index in [0.717, 1.165) is 15.4 Å². The van der Waals surface area contributed by atoms with Crippen LogP contribution in [0.4, 0.5) is 5.82 Å². The number of anilines is 1. The minimum atomic E-state index is -3.77. The Kier molecular flexibility index (Phi) is 4.90. The van der Waals surface area contributed by atoms with E-state index in [-0.39, 0.29) is 4.90 Å². The fourth-order valence-corrected chi connectivity index (χ4v) is 7.14. The Balaban J connectivity index is 1.51. The van der Waals surface area contributed by atoms with Gasteiger partial charge < -0.3 is 10.8 Å². The van der Waals surface area contributed by atoms with E-state index in [2.05, 4.69) is 14.7 Å². The highest BCUT2D eigenvalue weighted by atomic mass is 32.2. The molecule has 32 heavy (non-hydrogen) atoms. The summed E-state index contributed by atoms with van der Waals surface area (Å²) in [6.07, 6.45) is 6.33. The van der Waals surface area contributed by atoms with Crippen LogP contribution in [-0.4, -0.2) is 39.6 Å². The Morgan fingerprint density at radius 1 is 1.12 bits per heavy atom. The van der Waals surface area contributed by atoms with Crippen LogP contribution in [0.15, 0.2) is 35.5 Å². The van der Waals surface area contributed by atoms with E-state index in [1.165, 1.54) is 11.3 Å². The number of hydrogen-bond donors (Lipinski definition) is 3. The van der Waals surface area contributed by atoms with Crippen LogP contribution in [0, 0.1) is 13.8 Å². The Morgan fingerprint density at radius 3 is 2.50 bits per heavy atom. The monoisotopic (exact) mass is 471 g/mol. The molecule has 0 amide bonds. The van der Waals surface area contributed by atoms with Crippen molar-refractivity contribution in [2.45, 2.75) is 62.0 Å². The molecule has 0 saturated heterocycles. The molecule has 2 aliphatic rings. The molecule has 0 atom stereocenters. The number of nitrogen functional groups attached to an aromatic ring is 1. The van der Waals surface area contributed by atoms with Crippen molar-refractivity contribution in [3.63, 3.8) is 0 Å². The standard InChI is InChI=1S/C22H25N5O3S2/c1-13-3-4-15(32(29,30)27-21-5-7-22(28,12-21)8-6-21)9-16(13)17-10-25-20(23)19(26-17)18-11-24-14(2)31-18/h3-4,9-11,27-28H,5-8,12H2,1-2H3,(H2,23,25). The molecule has 0 spiro atoms. The van der Waals surface area contributed by atoms with Crippen molar-refractivity contribution in [3.05, 3.63) is 41.2 Å². The second-order valence-electron chi connectivity index (χ2n) is 9.00. The lowest BCUT2D eigenvalue weighted by Gasteiger charge is -2.27. The zero-order valence-electron chi connectivity index (χ0n) is 17.9. The molecule has 5 rings (SSSR count). The number of aliphatic hydroxyl groups is 1. The number of nitrogens with one attached hydrogen (secondary N) is 1. The van der Waals surface area contributed by atoms with Gasteiger partial charge in [-0.2, -0.15) is 0 Å². The van der Waals surface area contributed by atoms with Crippen LogP contribution >= 0.6 is 11.3 Å². The smallest absolute Gasteiger partial charge is 0.241 e. The first-order valence-corrected chi connectivity index (χ1v) is 12.8. The Hall–Kier alpha value is -2.40. The molecule has 2 fully saturated rings.